The van der Waals surface area contributed by atoms with Gasteiger partial charge in [0.25, 0.3) is 0 Å². The summed E-state index contributed by atoms with van der Waals surface area (Å²) in [6.07, 6.45) is 0. The Kier molecular flexibility index (Phi) is 6.63. The third-order valence-corrected chi connectivity index (χ3v) is 6.61. The van der Waals surface area contributed by atoms with Gasteiger partial charge in [-0.15, -0.1) is 0 Å². The first-order chi connectivity index (χ1) is 17.3. The number of methoxy groups -OCH3 is 1. The van der Waals surface area contributed by atoms with Gasteiger partial charge >= 0.3 is 0 Å². The van der Waals surface area contributed by atoms with Crippen LogP contribution in [0.2, 0.25) is 0 Å². The average molecular weight is 456 g/mol. The van der Waals surface area contributed by atoms with E-state index in [2.05, 4.69) is 109 Å². The van der Waals surface area contributed by atoms with Gasteiger partial charge in [0.05, 0.1) is 7.11 Å². The number of hydrogen-bond acceptors (Lipinski definition) is 2. The minimum Gasteiger partial charge on any atom is -0.497 e. The molecule has 2 nitrogen and oxygen atoms in total. The highest BCUT2D eigenvalue weighted by atomic mass is 16.5. The van der Waals surface area contributed by atoms with E-state index in [-0.39, 0.29) is 11.8 Å². The molecular weight excluding hydrogens is 426 g/mol. The van der Waals surface area contributed by atoms with Gasteiger partial charge in [-0.25, -0.2) is 0 Å². The van der Waals surface area contributed by atoms with Crippen molar-refractivity contribution in [3.05, 3.63) is 167 Å². The molecule has 5 aromatic carbocycles. The normalized spacial score (nSPS) is 11.1. The molecule has 0 saturated heterocycles. The van der Waals surface area contributed by atoms with Crippen molar-refractivity contribution in [3.63, 3.8) is 0 Å². The Hall–Kier alpha value is -4.30. The van der Waals surface area contributed by atoms with Crippen molar-refractivity contribution >= 4 is 5.69 Å². The molecule has 35 heavy (non-hydrogen) atoms. The van der Waals surface area contributed by atoms with Crippen LogP contribution in [0.15, 0.2) is 133 Å². The number of nitrogens with two attached hydrogens (primary N) is 1. The van der Waals surface area contributed by atoms with Gasteiger partial charge in [-0.3, -0.25) is 0 Å². The summed E-state index contributed by atoms with van der Waals surface area (Å²) >= 11 is 0. The highest BCUT2D eigenvalue weighted by Gasteiger charge is 2.26. The molecule has 0 saturated carbocycles. The zero-order valence-electron chi connectivity index (χ0n) is 19.8. The zero-order valence-corrected chi connectivity index (χ0v) is 19.8. The molecular formula is C33H29NO. The van der Waals surface area contributed by atoms with Crippen molar-refractivity contribution in [2.45, 2.75) is 11.8 Å². The summed E-state index contributed by atoms with van der Waals surface area (Å²) in [7, 11) is 1.72. The van der Waals surface area contributed by atoms with Gasteiger partial charge in [-0.1, -0.05) is 121 Å². The third kappa shape index (κ3) is 4.69. The van der Waals surface area contributed by atoms with Gasteiger partial charge in [0.2, 0.25) is 0 Å². The fraction of sp³-hybridized carbons (Fsp3) is 0.0909. The van der Waals surface area contributed by atoms with Crippen LogP contribution in [0.25, 0.3) is 0 Å². The molecule has 5 rings (SSSR count). The van der Waals surface area contributed by atoms with Crippen LogP contribution in [0.1, 0.15) is 45.2 Å². The van der Waals surface area contributed by atoms with Gasteiger partial charge in [-0.2, -0.15) is 0 Å². The van der Waals surface area contributed by atoms with E-state index in [1.54, 1.807) is 7.11 Å². The van der Waals surface area contributed by atoms with E-state index in [4.69, 9.17) is 10.5 Å². The Morgan fingerprint density at radius 2 is 0.771 bits per heavy atom. The standard InChI is InChI=1S/C33H29NO/c1-35-28-22-29(31(24-14-6-2-7-15-24)25-16-8-3-9-17-25)33(34)30(23-28)32(26-18-10-4-11-19-26)27-20-12-5-13-21-27/h2-23,31-32H,34H2,1H3. The fourth-order valence-electron chi connectivity index (χ4n) is 4.95. The van der Waals surface area contributed by atoms with Gasteiger partial charge in [-0.05, 0) is 45.5 Å². The van der Waals surface area contributed by atoms with Crippen LogP contribution in [-0.2, 0) is 0 Å². The fourth-order valence-corrected chi connectivity index (χ4v) is 4.95. The van der Waals surface area contributed by atoms with Crippen molar-refractivity contribution < 1.29 is 4.74 Å². The molecule has 0 amide bonds. The molecule has 0 aliphatic heterocycles. The number of anilines is 1. The summed E-state index contributed by atoms with van der Waals surface area (Å²) in [6, 6.07) is 46.4. The van der Waals surface area contributed by atoms with Crippen LogP contribution < -0.4 is 10.5 Å². The topological polar surface area (TPSA) is 35.2 Å². The third-order valence-electron chi connectivity index (χ3n) is 6.61. The molecule has 0 aliphatic carbocycles. The summed E-state index contributed by atoms with van der Waals surface area (Å²) in [6.45, 7) is 0. The van der Waals surface area contributed by atoms with Crippen LogP contribution in [0.3, 0.4) is 0 Å². The lowest BCUT2D eigenvalue weighted by molar-refractivity contribution is 0.413. The number of ether oxygens (including phenoxy) is 1. The van der Waals surface area contributed by atoms with E-state index in [0.717, 1.165) is 22.6 Å². The van der Waals surface area contributed by atoms with E-state index in [9.17, 15) is 0 Å². The first-order valence-corrected chi connectivity index (χ1v) is 11.9. The molecule has 2 N–H and O–H groups in total. The second-order valence-corrected chi connectivity index (χ2v) is 8.73. The zero-order chi connectivity index (χ0) is 24.0. The molecule has 5 aromatic rings. The van der Waals surface area contributed by atoms with E-state index in [0.29, 0.717) is 0 Å². The Labute approximate surface area is 207 Å². The van der Waals surface area contributed by atoms with Crippen LogP contribution in [-0.4, -0.2) is 7.11 Å². The number of rotatable bonds is 7. The molecule has 172 valence electrons. The summed E-state index contributed by atoms with van der Waals surface area (Å²) in [5.74, 6) is 0.773. The van der Waals surface area contributed by atoms with E-state index >= 15 is 0 Å². The highest BCUT2D eigenvalue weighted by molar-refractivity contribution is 5.66. The first kappa shape index (κ1) is 22.5. The van der Waals surface area contributed by atoms with Crippen LogP contribution in [0, 0.1) is 0 Å². The van der Waals surface area contributed by atoms with E-state index in [1.807, 2.05) is 24.3 Å². The van der Waals surface area contributed by atoms with Gasteiger partial charge in [0, 0.05) is 17.5 Å². The predicted octanol–water partition coefficient (Wildman–Crippen LogP) is 7.64. The lowest BCUT2D eigenvalue weighted by Gasteiger charge is -2.27. The molecule has 0 fully saturated rings. The lowest BCUT2D eigenvalue weighted by Crippen LogP contribution is -2.13. The second-order valence-electron chi connectivity index (χ2n) is 8.73. The minimum absolute atomic E-state index is 0.0153. The Bertz CT molecular complexity index is 1180. The summed E-state index contributed by atoms with van der Waals surface area (Å²) in [5, 5.41) is 0. The Balaban J connectivity index is 1.77. The number of benzene rings is 5. The monoisotopic (exact) mass is 455 g/mol. The molecule has 0 spiro atoms. The molecule has 0 aliphatic rings. The van der Waals surface area contributed by atoms with Gasteiger partial charge in [0.1, 0.15) is 5.75 Å². The maximum absolute atomic E-state index is 7.10. The summed E-state index contributed by atoms with van der Waals surface area (Å²) < 4.78 is 5.84. The highest BCUT2D eigenvalue weighted by Crippen LogP contribution is 2.43. The van der Waals surface area contributed by atoms with Crippen LogP contribution in [0.4, 0.5) is 5.69 Å². The number of nitrogen functional groups attached to an aromatic ring is 1. The first-order valence-electron chi connectivity index (χ1n) is 11.9. The maximum Gasteiger partial charge on any atom is 0.119 e. The SMILES string of the molecule is COc1cc(C(c2ccccc2)c2ccccc2)c(N)c(C(c2ccccc2)c2ccccc2)c1. The van der Waals surface area contributed by atoms with Crippen molar-refractivity contribution in [1.82, 2.24) is 0 Å². The molecule has 0 radical (unpaired) electrons. The lowest BCUT2D eigenvalue weighted by atomic mass is 9.79. The van der Waals surface area contributed by atoms with Gasteiger partial charge in [0.15, 0.2) is 0 Å². The number of hydrogen-bond donors (Lipinski definition) is 1. The smallest absolute Gasteiger partial charge is 0.119 e. The Morgan fingerprint density at radius 1 is 0.486 bits per heavy atom. The molecule has 0 aromatic heterocycles. The molecule has 0 bridgehead atoms. The van der Waals surface area contributed by atoms with Crippen LogP contribution >= 0.6 is 0 Å². The summed E-state index contributed by atoms with van der Waals surface area (Å²) in [5.41, 5.74) is 14.8. The maximum atomic E-state index is 7.10. The van der Waals surface area contributed by atoms with Crippen molar-refractivity contribution in [1.29, 1.82) is 0 Å². The van der Waals surface area contributed by atoms with Gasteiger partial charge < -0.3 is 10.5 Å². The van der Waals surface area contributed by atoms with Crippen molar-refractivity contribution in [2.75, 3.05) is 12.8 Å². The van der Waals surface area contributed by atoms with Crippen LogP contribution in [0.5, 0.6) is 5.75 Å². The molecule has 0 atom stereocenters. The average Bonchev–Trinajstić information content (AvgIpc) is 2.93. The predicted molar refractivity (Wildman–Crippen MR) is 145 cm³/mol. The second kappa shape index (κ2) is 10.3. The minimum atomic E-state index is -0.0153. The quantitative estimate of drug-likeness (QED) is 0.202. The summed E-state index contributed by atoms with van der Waals surface area (Å²) in [4.78, 5) is 0. The van der Waals surface area contributed by atoms with E-state index < -0.39 is 0 Å². The molecule has 2 heteroatoms. The molecule has 0 heterocycles. The largest absolute Gasteiger partial charge is 0.497 e. The molecule has 0 unspecified atom stereocenters. The Morgan fingerprint density at radius 3 is 1.03 bits per heavy atom. The van der Waals surface area contributed by atoms with Crippen molar-refractivity contribution in [3.8, 4) is 5.75 Å². The van der Waals surface area contributed by atoms with Crippen molar-refractivity contribution in [2.24, 2.45) is 0 Å². The van der Waals surface area contributed by atoms with E-state index in [1.165, 1.54) is 22.3 Å².